The van der Waals surface area contributed by atoms with E-state index in [1.54, 1.807) is 0 Å². The summed E-state index contributed by atoms with van der Waals surface area (Å²) in [4.78, 5) is 26.9. The van der Waals surface area contributed by atoms with Crippen molar-refractivity contribution < 1.29 is 14.3 Å². The van der Waals surface area contributed by atoms with Gasteiger partial charge in [0.2, 0.25) is 0 Å². The highest BCUT2D eigenvalue weighted by Gasteiger charge is 2.26. The molecule has 0 spiro atoms. The van der Waals surface area contributed by atoms with Crippen molar-refractivity contribution in [2.24, 2.45) is 5.73 Å². The van der Waals surface area contributed by atoms with Crippen LogP contribution in [-0.2, 0) is 16.0 Å². The molecule has 2 aromatic rings. The zero-order valence-electron chi connectivity index (χ0n) is 13.6. The van der Waals surface area contributed by atoms with E-state index in [1.165, 1.54) is 6.42 Å². The lowest BCUT2D eigenvalue weighted by Gasteiger charge is -2.25. The van der Waals surface area contributed by atoms with Gasteiger partial charge >= 0.3 is 6.09 Å². The van der Waals surface area contributed by atoms with Gasteiger partial charge < -0.3 is 20.8 Å². The highest BCUT2D eigenvalue weighted by Crippen LogP contribution is 2.21. The number of benzene rings is 1. The number of aromatic amines is 1. The Balaban J connectivity index is 1.73. The molecule has 0 aliphatic heterocycles. The fraction of sp³-hybridized carbons (Fsp3) is 0.444. The van der Waals surface area contributed by atoms with Gasteiger partial charge in [0.1, 0.15) is 0 Å². The van der Waals surface area contributed by atoms with Crippen molar-refractivity contribution in [1.29, 1.82) is 0 Å². The maximum Gasteiger partial charge on any atom is 0.405 e. The number of hydrogen-bond acceptors (Lipinski definition) is 3. The predicted octanol–water partition coefficient (Wildman–Crippen LogP) is 2.62. The smallest absolute Gasteiger partial charge is 0.405 e. The van der Waals surface area contributed by atoms with Crippen molar-refractivity contribution in [3.8, 4) is 0 Å². The fourth-order valence-corrected chi connectivity index (χ4v) is 3.37. The molecule has 1 atom stereocenters. The van der Waals surface area contributed by atoms with Gasteiger partial charge in [-0.05, 0) is 24.5 Å². The molecule has 0 bridgehead atoms. The zero-order chi connectivity index (χ0) is 16.9. The number of hydrogen-bond donors (Lipinski definition) is 3. The van der Waals surface area contributed by atoms with E-state index in [9.17, 15) is 9.59 Å². The van der Waals surface area contributed by atoms with Crippen LogP contribution in [0, 0.1) is 0 Å². The molecule has 0 saturated heterocycles. The summed E-state index contributed by atoms with van der Waals surface area (Å²) in [5.41, 5.74) is 7.07. The van der Waals surface area contributed by atoms with Gasteiger partial charge in [0.05, 0.1) is 0 Å². The van der Waals surface area contributed by atoms with E-state index in [2.05, 4.69) is 10.3 Å². The van der Waals surface area contributed by atoms with Gasteiger partial charge in [0.15, 0.2) is 6.10 Å². The molecule has 6 nitrogen and oxygen atoms in total. The Morgan fingerprint density at radius 3 is 2.75 bits per heavy atom. The van der Waals surface area contributed by atoms with Crippen molar-refractivity contribution in [2.75, 3.05) is 0 Å². The Hall–Kier alpha value is -2.50. The number of nitrogens with two attached hydrogens (primary N) is 1. The van der Waals surface area contributed by atoms with E-state index in [0.717, 1.165) is 42.1 Å². The van der Waals surface area contributed by atoms with Crippen LogP contribution in [0.4, 0.5) is 4.79 Å². The van der Waals surface area contributed by atoms with Crippen LogP contribution in [0.2, 0.25) is 0 Å². The van der Waals surface area contributed by atoms with E-state index < -0.39 is 12.2 Å². The second-order valence-electron chi connectivity index (χ2n) is 6.33. The van der Waals surface area contributed by atoms with Gasteiger partial charge in [-0.1, -0.05) is 37.5 Å². The van der Waals surface area contributed by atoms with E-state index in [1.807, 2.05) is 30.5 Å². The molecule has 6 heteroatoms. The summed E-state index contributed by atoms with van der Waals surface area (Å²) in [6, 6.07) is 7.97. The van der Waals surface area contributed by atoms with Crippen molar-refractivity contribution in [1.82, 2.24) is 10.3 Å². The first-order valence-electron chi connectivity index (χ1n) is 8.45. The molecule has 24 heavy (non-hydrogen) atoms. The second kappa shape index (κ2) is 7.38. The van der Waals surface area contributed by atoms with Gasteiger partial charge in [0, 0.05) is 29.6 Å². The molecule has 1 aromatic carbocycles. The number of rotatable bonds is 5. The lowest BCUT2D eigenvalue weighted by Crippen LogP contribution is -2.45. The van der Waals surface area contributed by atoms with Crippen LogP contribution in [0.3, 0.4) is 0 Å². The Labute approximate surface area is 140 Å². The van der Waals surface area contributed by atoms with Crippen LogP contribution >= 0.6 is 0 Å². The number of H-pyrrole nitrogens is 1. The molecule has 1 heterocycles. The van der Waals surface area contributed by atoms with Gasteiger partial charge in [0.25, 0.3) is 5.91 Å². The minimum absolute atomic E-state index is 0.160. The van der Waals surface area contributed by atoms with Crippen LogP contribution < -0.4 is 11.1 Å². The van der Waals surface area contributed by atoms with Gasteiger partial charge in [-0.2, -0.15) is 0 Å². The van der Waals surface area contributed by atoms with E-state index in [4.69, 9.17) is 10.5 Å². The third kappa shape index (κ3) is 3.88. The topological polar surface area (TPSA) is 97.2 Å². The van der Waals surface area contributed by atoms with Crippen LogP contribution in [0.5, 0.6) is 0 Å². The number of carbonyl (C=O) groups excluding carboxylic acids is 2. The van der Waals surface area contributed by atoms with Gasteiger partial charge in [-0.3, -0.25) is 4.79 Å². The molecule has 0 radical (unpaired) electrons. The monoisotopic (exact) mass is 329 g/mol. The average molecular weight is 329 g/mol. The number of amides is 2. The number of aromatic nitrogens is 1. The second-order valence-corrected chi connectivity index (χ2v) is 6.33. The zero-order valence-corrected chi connectivity index (χ0v) is 13.6. The van der Waals surface area contributed by atoms with Gasteiger partial charge in [-0.25, -0.2) is 4.79 Å². The fourth-order valence-electron chi connectivity index (χ4n) is 3.37. The van der Waals surface area contributed by atoms with Crippen molar-refractivity contribution in [3.05, 3.63) is 36.0 Å². The first-order chi connectivity index (χ1) is 11.6. The minimum atomic E-state index is -0.932. The number of carbonyl (C=O) groups is 2. The SMILES string of the molecule is NC(=O)O[C@H](Cc1c[nH]c2ccccc12)C(=O)NC1CCCCC1. The summed E-state index contributed by atoms with van der Waals surface area (Å²) in [5.74, 6) is -0.272. The third-order valence-corrected chi connectivity index (χ3v) is 4.58. The van der Waals surface area contributed by atoms with Crippen molar-refractivity contribution >= 4 is 22.9 Å². The van der Waals surface area contributed by atoms with Crippen LogP contribution in [-0.4, -0.2) is 29.1 Å². The Morgan fingerprint density at radius 2 is 2.00 bits per heavy atom. The number of para-hydroxylation sites is 1. The lowest BCUT2D eigenvalue weighted by atomic mass is 9.95. The first kappa shape index (κ1) is 16.4. The predicted molar refractivity (Wildman–Crippen MR) is 91.5 cm³/mol. The lowest BCUT2D eigenvalue weighted by molar-refractivity contribution is -0.130. The van der Waals surface area contributed by atoms with Crippen molar-refractivity contribution in [2.45, 2.75) is 50.7 Å². The normalized spacial score (nSPS) is 16.7. The summed E-state index contributed by atoms with van der Waals surface area (Å²) < 4.78 is 5.09. The van der Waals surface area contributed by atoms with E-state index in [0.29, 0.717) is 6.42 Å². The molecule has 3 rings (SSSR count). The molecule has 1 aromatic heterocycles. The van der Waals surface area contributed by atoms with Crippen LogP contribution in [0.1, 0.15) is 37.7 Å². The molecule has 1 aliphatic rings. The van der Waals surface area contributed by atoms with E-state index in [-0.39, 0.29) is 11.9 Å². The number of fused-ring (bicyclic) bond motifs is 1. The molecule has 0 unspecified atom stereocenters. The molecule has 128 valence electrons. The number of nitrogens with one attached hydrogen (secondary N) is 2. The van der Waals surface area contributed by atoms with E-state index >= 15 is 0 Å². The minimum Gasteiger partial charge on any atom is -0.436 e. The molecular weight excluding hydrogens is 306 g/mol. The van der Waals surface area contributed by atoms with Crippen molar-refractivity contribution in [3.63, 3.8) is 0 Å². The van der Waals surface area contributed by atoms with Crippen LogP contribution in [0.15, 0.2) is 30.5 Å². The maximum absolute atomic E-state index is 12.6. The average Bonchev–Trinajstić information content (AvgIpc) is 2.98. The summed E-state index contributed by atoms with van der Waals surface area (Å²) >= 11 is 0. The number of ether oxygens (including phenoxy) is 1. The quantitative estimate of drug-likeness (QED) is 0.786. The van der Waals surface area contributed by atoms with Gasteiger partial charge in [-0.15, -0.1) is 0 Å². The summed E-state index contributed by atoms with van der Waals surface area (Å²) in [5, 5.41) is 4.02. The standard InChI is InChI=1S/C18H23N3O3/c19-18(23)24-16(17(22)21-13-6-2-1-3-7-13)10-12-11-20-15-9-5-4-8-14(12)15/h4-5,8-9,11,13,16,20H,1-3,6-7,10H2,(H2,19,23)(H,21,22)/t16-/m1/s1. The molecule has 1 aliphatic carbocycles. The Morgan fingerprint density at radius 1 is 1.25 bits per heavy atom. The third-order valence-electron chi connectivity index (χ3n) is 4.58. The summed E-state index contributed by atoms with van der Waals surface area (Å²) in [6.07, 6.45) is 5.69. The maximum atomic E-state index is 12.6. The first-order valence-corrected chi connectivity index (χ1v) is 8.45. The van der Waals surface area contributed by atoms with Crippen LogP contribution in [0.25, 0.3) is 10.9 Å². The Bertz CT molecular complexity index is 719. The largest absolute Gasteiger partial charge is 0.436 e. The summed E-state index contributed by atoms with van der Waals surface area (Å²) in [7, 11) is 0. The molecule has 4 N–H and O–H groups in total. The highest BCUT2D eigenvalue weighted by molar-refractivity contribution is 5.87. The molecular formula is C18H23N3O3. The highest BCUT2D eigenvalue weighted by atomic mass is 16.6. The molecule has 2 amide bonds. The summed E-state index contributed by atoms with van der Waals surface area (Å²) in [6.45, 7) is 0. The molecule has 1 fully saturated rings. The molecule has 1 saturated carbocycles. The number of primary amides is 1. The Kier molecular flexibility index (Phi) is 5.03.